The van der Waals surface area contributed by atoms with Gasteiger partial charge in [0.1, 0.15) is 0 Å². The molecular weight excluding hydrogens is 624 g/mol. The van der Waals surface area contributed by atoms with Gasteiger partial charge in [-0.3, -0.25) is 0 Å². The topological polar surface area (TPSA) is 77.3 Å². The molecular formula is C42H27ClN6. The largest absolute Gasteiger partial charge is 0.208 e. The molecule has 8 aromatic rings. The molecule has 0 amide bonds. The zero-order chi connectivity index (χ0) is 33.0. The van der Waals surface area contributed by atoms with Crippen LogP contribution in [0.4, 0.5) is 0 Å². The van der Waals surface area contributed by atoms with Gasteiger partial charge in [0.05, 0.1) is 0 Å². The summed E-state index contributed by atoms with van der Waals surface area (Å²) in [6, 6.07) is 54.0. The van der Waals surface area contributed by atoms with Crippen molar-refractivity contribution in [3.8, 4) is 79.5 Å². The van der Waals surface area contributed by atoms with Crippen molar-refractivity contribution >= 4 is 11.6 Å². The third kappa shape index (κ3) is 6.59. The maximum Gasteiger partial charge on any atom is 0.164 e. The van der Waals surface area contributed by atoms with E-state index in [1.807, 2.05) is 127 Å². The number of hydrogen-bond acceptors (Lipinski definition) is 6. The molecule has 0 saturated carbocycles. The third-order valence-electron chi connectivity index (χ3n) is 8.09. The molecule has 0 atom stereocenters. The fourth-order valence-corrected chi connectivity index (χ4v) is 5.64. The highest BCUT2D eigenvalue weighted by molar-refractivity contribution is 6.30. The van der Waals surface area contributed by atoms with Crippen LogP contribution in [0.25, 0.3) is 79.5 Å². The lowest BCUT2D eigenvalue weighted by Crippen LogP contribution is -2.00. The first-order chi connectivity index (χ1) is 24.2. The third-order valence-corrected chi connectivity index (χ3v) is 8.34. The van der Waals surface area contributed by atoms with Gasteiger partial charge in [0.15, 0.2) is 34.9 Å². The molecule has 0 aliphatic heterocycles. The Hall–Kier alpha value is -6.37. The first-order valence-corrected chi connectivity index (χ1v) is 16.2. The van der Waals surface area contributed by atoms with Crippen LogP contribution in [0, 0.1) is 0 Å². The van der Waals surface area contributed by atoms with Crippen molar-refractivity contribution < 1.29 is 0 Å². The molecule has 0 radical (unpaired) electrons. The number of benzene rings is 6. The lowest BCUT2D eigenvalue weighted by atomic mass is 10.0. The molecule has 0 aliphatic rings. The maximum absolute atomic E-state index is 6.16. The van der Waals surface area contributed by atoms with Gasteiger partial charge in [0, 0.05) is 38.4 Å². The number of hydrogen-bond donors (Lipinski definition) is 0. The molecule has 6 nitrogen and oxygen atoms in total. The van der Waals surface area contributed by atoms with Crippen LogP contribution in [0.2, 0.25) is 5.02 Å². The second kappa shape index (κ2) is 13.4. The summed E-state index contributed by atoms with van der Waals surface area (Å²) < 4.78 is 0. The molecule has 0 N–H and O–H groups in total. The molecule has 2 aromatic heterocycles. The van der Waals surface area contributed by atoms with E-state index in [1.165, 1.54) is 0 Å². The van der Waals surface area contributed by atoms with Gasteiger partial charge in [-0.25, -0.2) is 29.9 Å². The SMILES string of the molecule is Clc1ccc(-c2nc(-c3ccccc3)nc(-c3ccc(-c4ccc(-c5nc(-c6ccccc6)nc(-c6ccccc6)n5)cc4)cc3)n2)cc1. The van der Waals surface area contributed by atoms with Crippen molar-refractivity contribution in [1.82, 2.24) is 29.9 Å². The predicted molar refractivity (Wildman–Crippen MR) is 196 cm³/mol. The minimum Gasteiger partial charge on any atom is -0.208 e. The standard InChI is InChI=1S/C42H27ClN6/c43-36-26-24-35(25-27-36)42-48-39(32-14-8-3-9-15-32)47-41(49-42)34-22-18-29(19-23-34)28-16-20-33(21-17-28)40-45-37(30-10-4-1-5-11-30)44-38(46-40)31-12-6-2-7-13-31/h1-27H. The lowest BCUT2D eigenvalue weighted by molar-refractivity contribution is 1.07. The Morgan fingerprint density at radius 3 is 0.694 bits per heavy atom. The summed E-state index contributed by atoms with van der Waals surface area (Å²) in [5, 5.41) is 0.659. The van der Waals surface area contributed by atoms with Crippen molar-refractivity contribution in [1.29, 1.82) is 0 Å². The van der Waals surface area contributed by atoms with Gasteiger partial charge in [-0.15, -0.1) is 0 Å². The van der Waals surface area contributed by atoms with Crippen molar-refractivity contribution in [2.24, 2.45) is 0 Å². The van der Waals surface area contributed by atoms with Gasteiger partial charge in [0.25, 0.3) is 0 Å². The lowest BCUT2D eigenvalue weighted by Gasteiger charge is -2.10. The van der Waals surface area contributed by atoms with E-state index >= 15 is 0 Å². The monoisotopic (exact) mass is 650 g/mol. The second-order valence-electron chi connectivity index (χ2n) is 11.4. The van der Waals surface area contributed by atoms with E-state index in [4.69, 9.17) is 41.5 Å². The van der Waals surface area contributed by atoms with E-state index in [1.54, 1.807) is 0 Å². The van der Waals surface area contributed by atoms with E-state index in [2.05, 4.69) is 36.4 Å². The molecule has 0 saturated heterocycles. The molecule has 2 heterocycles. The number of halogens is 1. The zero-order valence-electron chi connectivity index (χ0n) is 26.1. The molecule has 232 valence electrons. The van der Waals surface area contributed by atoms with Crippen LogP contribution in [-0.4, -0.2) is 29.9 Å². The average Bonchev–Trinajstić information content (AvgIpc) is 3.19. The van der Waals surface area contributed by atoms with Gasteiger partial charge in [-0.2, -0.15) is 0 Å². The van der Waals surface area contributed by atoms with Gasteiger partial charge in [-0.1, -0.05) is 151 Å². The highest BCUT2D eigenvalue weighted by atomic mass is 35.5. The maximum atomic E-state index is 6.16. The Balaban J connectivity index is 1.11. The molecule has 0 spiro atoms. The van der Waals surface area contributed by atoms with Crippen LogP contribution in [-0.2, 0) is 0 Å². The summed E-state index contributed by atoms with van der Waals surface area (Å²) in [4.78, 5) is 29.0. The van der Waals surface area contributed by atoms with Gasteiger partial charge >= 0.3 is 0 Å². The number of nitrogens with zero attached hydrogens (tertiary/aromatic N) is 6. The van der Waals surface area contributed by atoms with E-state index in [-0.39, 0.29) is 0 Å². The smallest absolute Gasteiger partial charge is 0.164 e. The Kier molecular flexibility index (Phi) is 8.20. The molecule has 0 fully saturated rings. The molecule has 8 rings (SSSR count). The Labute approximate surface area is 288 Å². The van der Waals surface area contributed by atoms with Crippen molar-refractivity contribution in [2.75, 3.05) is 0 Å². The van der Waals surface area contributed by atoms with E-state index in [9.17, 15) is 0 Å². The highest BCUT2D eigenvalue weighted by Gasteiger charge is 2.14. The van der Waals surface area contributed by atoms with Crippen LogP contribution in [0.1, 0.15) is 0 Å². The van der Waals surface area contributed by atoms with E-state index in [0.29, 0.717) is 40.0 Å². The number of rotatable bonds is 7. The van der Waals surface area contributed by atoms with Gasteiger partial charge < -0.3 is 0 Å². The van der Waals surface area contributed by atoms with E-state index in [0.717, 1.165) is 44.5 Å². The second-order valence-corrected chi connectivity index (χ2v) is 11.8. The highest BCUT2D eigenvalue weighted by Crippen LogP contribution is 2.30. The minimum atomic E-state index is 0.587. The predicted octanol–water partition coefficient (Wildman–Crippen LogP) is 10.4. The Bertz CT molecular complexity index is 2290. The summed E-state index contributed by atoms with van der Waals surface area (Å²) in [5.74, 6) is 3.69. The molecule has 0 aliphatic carbocycles. The van der Waals surface area contributed by atoms with E-state index < -0.39 is 0 Å². The molecule has 0 unspecified atom stereocenters. The first kappa shape index (κ1) is 30.0. The molecule has 0 bridgehead atoms. The van der Waals surface area contributed by atoms with Crippen molar-refractivity contribution in [3.05, 3.63) is 169 Å². The fraction of sp³-hybridized carbons (Fsp3) is 0. The summed E-state index contributed by atoms with van der Waals surface area (Å²) >= 11 is 6.16. The minimum absolute atomic E-state index is 0.587. The van der Waals surface area contributed by atoms with Crippen LogP contribution in [0.3, 0.4) is 0 Å². The molecule has 7 heteroatoms. The summed E-state index contributed by atoms with van der Waals surface area (Å²) in [5.41, 5.74) is 7.60. The fourth-order valence-electron chi connectivity index (χ4n) is 5.51. The Morgan fingerprint density at radius 1 is 0.224 bits per heavy atom. The normalized spacial score (nSPS) is 11.0. The van der Waals surface area contributed by atoms with Crippen LogP contribution in [0.5, 0.6) is 0 Å². The zero-order valence-corrected chi connectivity index (χ0v) is 26.9. The summed E-state index contributed by atoms with van der Waals surface area (Å²) in [6.07, 6.45) is 0. The molecule has 6 aromatic carbocycles. The summed E-state index contributed by atoms with van der Waals surface area (Å²) in [6.45, 7) is 0. The number of aromatic nitrogens is 6. The Morgan fingerprint density at radius 2 is 0.429 bits per heavy atom. The summed E-state index contributed by atoms with van der Waals surface area (Å²) in [7, 11) is 0. The van der Waals surface area contributed by atoms with Crippen LogP contribution in [0.15, 0.2) is 164 Å². The van der Waals surface area contributed by atoms with Crippen molar-refractivity contribution in [2.45, 2.75) is 0 Å². The van der Waals surface area contributed by atoms with Gasteiger partial charge in [0.2, 0.25) is 0 Å². The average molecular weight is 651 g/mol. The molecule has 49 heavy (non-hydrogen) atoms. The van der Waals surface area contributed by atoms with Crippen LogP contribution >= 0.6 is 11.6 Å². The van der Waals surface area contributed by atoms with Gasteiger partial charge in [-0.05, 0) is 35.4 Å². The van der Waals surface area contributed by atoms with Crippen molar-refractivity contribution in [3.63, 3.8) is 0 Å². The quantitative estimate of drug-likeness (QED) is 0.171. The van der Waals surface area contributed by atoms with Crippen LogP contribution < -0.4 is 0 Å². The first-order valence-electron chi connectivity index (χ1n) is 15.8.